The van der Waals surface area contributed by atoms with Crippen LogP contribution in [0.1, 0.15) is 20.3 Å². The summed E-state index contributed by atoms with van der Waals surface area (Å²) in [4.78, 5) is 10.4. The fourth-order valence-electron chi connectivity index (χ4n) is 0.771. The molecule has 0 bridgehead atoms. The van der Waals surface area contributed by atoms with Gasteiger partial charge in [0.05, 0.1) is 0 Å². The molecule has 0 spiro atoms. The molecule has 0 saturated heterocycles. The summed E-state index contributed by atoms with van der Waals surface area (Å²) in [5.41, 5.74) is 3.84. The van der Waals surface area contributed by atoms with E-state index in [9.17, 15) is 4.79 Å². The largest absolute Gasteiger partial charge is 0.480 e. The summed E-state index contributed by atoms with van der Waals surface area (Å²) in [6.45, 7) is 3.82. The van der Waals surface area contributed by atoms with Crippen LogP contribution >= 0.6 is 0 Å². The van der Waals surface area contributed by atoms with Gasteiger partial charge >= 0.3 is 5.97 Å². The fourth-order valence-corrected chi connectivity index (χ4v) is 0.771. The SMILES string of the molecule is CC(C)C[C@H](NNO)C(=O)O. The zero-order valence-corrected chi connectivity index (χ0v) is 6.66. The second-order valence-corrected chi connectivity index (χ2v) is 2.78. The summed E-state index contributed by atoms with van der Waals surface area (Å²) in [6.07, 6.45) is 0.475. The summed E-state index contributed by atoms with van der Waals surface area (Å²) in [5.74, 6) is -0.697. The molecular weight excluding hydrogens is 148 g/mol. The third kappa shape index (κ3) is 4.72. The van der Waals surface area contributed by atoms with Gasteiger partial charge in [-0.1, -0.05) is 13.8 Å². The molecule has 0 aliphatic carbocycles. The van der Waals surface area contributed by atoms with E-state index in [4.69, 9.17) is 10.3 Å². The average Bonchev–Trinajstić information content (AvgIpc) is 1.86. The predicted molar refractivity (Wildman–Crippen MR) is 38.9 cm³/mol. The highest BCUT2D eigenvalue weighted by molar-refractivity contribution is 5.73. The Morgan fingerprint density at radius 2 is 2.09 bits per heavy atom. The number of carboxylic acids is 1. The Hall–Kier alpha value is -0.650. The van der Waals surface area contributed by atoms with E-state index in [1.807, 2.05) is 13.8 Å². The van der Waals surface area contributed by atoms with Crippen LogP contribution in [0, 0.1) is 5.92 Å². The number of carboxylic acid groups (broad SMARTS) is 1. The monoisotopic (exact) mass is 162 g/mol. The lowest BCUT2D eigenvalue weighted by molar-refractivity contribution is -0.141. The van der Waals surface area contributed by atoms with E-state index >= 15 is 0 Å². The van der Waals surface area contributed by atoms with Gasteiger partial charge in [0.1, 0.15) is 6.04 Å². The van der Waals surface area contributed by atoms with Gasteiger partial charge in [-0.05, 0) is 12.3 Å². The van der Waals surface area contributed by atoms with Gasteiger partial charge in [0.2, 0.25) is 0 Å². The quantitative estimate of drug-likeness (QED) is 0.427. The number of hydrazine groups is 1. The van der Waals surface area contributed by atoms with Crippen LogP contribution in [0.5, 0.6) is 0 Å². The Morgan fingerprint density at radius 1 is 1.55 bits per heavy atom. The van der Waals surface area contributed by atoms with Gasteiger partial charge in [0, 0.05) is 0 Å². The zero-order chi connectivity index (χ0) is 8.85. The Balaban J connectivity index is 3.79. The second kappa shape index (κ2) is 5.06. The minimum absolute atomic E-state index is 0.275. The van der Waals surface area contributed by atoms with E-state index in [1.165, 1.54) is 0 Å². The third-order valence-corrected chi connectivity index (χ3v) is 1.24. The summed E-state index contributed by atoms with van der Waals surface area (Å²) in [7, 11) is 0. The number of carbonyl (C=O) groups is 1. The van der Waals surface area contributed by atoms with Crippen LogP contribution in [0.3, 0.4) is 0 Å². The molecule has 1 atom stereocenters. The van der Waals surface area contributed by atoms with Crippen molar-refractivity contribution in [1.29, 1.82) is 0 Å². The van der Waals surface area contributed by atoms with Gasteiger partial charge in [0.15, 0.2) is 0 Å². The van der Waals surface area contributed by atoms with E-state index in [0.717, 1.165) is 0 Å². The molecule has 0 unspecified atom stereocenters. The first kappa shape index (κ1) is 10.3. The zero-order valence-electron chi connectivity index (χ0n) is 6.66. The van der Waals surface area contributed by atoms with E-state index in [0.29, 0.717) is 6.42 Å². The molecule has 5 heteroatoms. The van der Waals surface area contributed by atoms with Crippen molar-refractivity contribution in [1.82, 2.24) is 11.0 Å². The minimum atomic E-state index is -0.972. The van der Waals surface area contributed by atoms with Crippen molar-refractivity contribution in [2.45, 2.75) is 26.3 Å². The lowest BCUT2D eigenvalue weighted by Gasteiger charge is -2.14. The number of hydrogen-bond acceptors (Lipinski definition) is 4. The van der Waals surface area contributed by atoms with Gasteiger partial charge in [-0.15, -0.1) is 5.59 Å². The Kier molecular flexibility index (Phi) is 4.76. The molecule has 0 amide bonds. The molecule has 0 aromatic carbocycles. The maximum absolute atomic E-state index is 10.4. The van der Waals surface area contributed by atoms with Crippen molar-refractivity contribution in [2.75, 3.05) is 0 Å². The van der Waals surface area contributed by atoms with Crippen molar-refractivity contribution in [3.05, 3.63) is 0 Å². The third-order valence-electron chi connectivity index (χ3n) is 1.24. The van der Waals surface area contributed by atoms with Crippen molar-refractivity contribution < 1.29 is 15.1 Å². The maximum atomic E-state index is 10.4. The molecular formula is C6H14N2O3. The molecule has 0 saturated carbocycles. The molecule has 5 nitrogen and oxygen atoms in total. The number of nitrogens with one attached hydrogen (secondary N) is 2. The smallest absolute Gasteiger partial charge is 0.322 e. The molecule has 4 N–H and O–H groups in total. The van der Waals surface area contributed by atoms with Crippen molar-refractivity contribution in [3.8, 4) is 0 Å². The predicted octanol–water partition coefficient (Wildman–Crippen LogP) is -0.0309. The molecule has 0 aromatic heterocycles. The molecule has 0 aromatic rings. The average molecular weight is 162 g/mol. The Bertz CT molecular complexity index is 127. The molecule has 11 heavy (non-hydrogen) atoms. The van der Waals surface area contributed by atoms with Gasteiger partial charge in [-0.3, -0.25) is 4.79 Å². The maximum Gasteiger partial charge on any atom is 0.322 e. The van der Waals surface area contributed by atoms with Gasteiger partial charge in [-0.25, -0.2) is 5.43 Å². The molecule has 0 fully saturated rings. The highest BCUT2D eigenvalue weighted by atomic mass is 16.5. The molecule has 0 radical (unpaired) electrons. The molecule has 66 valence electrons. The Morgan fingerprint density at radius 3 is 2.36 bits per heavy atom. The first-order valence-corrected chi connectivity index (χ1v) is 3.45. The van der Waals surface area contributed by atoms with Crippen LogP contribution in [-0.2, 0) is 4.79 Å². The number of hydrogen-bond donors (Lipinski definition) is 4. The van der Waals surface area contributed by atoms with Crippen LogP contribution in [0.15, 0.2) is 0 Å². The van der Waals surface area contributed by atoms with Crippen molar-refractivity contribution in [2.24, 2.45) is 5.92 Å². The fraction of sp³-hybridized carbons (Fsp3) is 0.833. The molecule has 0 aliphatic heterocycles. The first-order valence-electron chi connectivity index (χ1n) is 3.45. The van der Waals surface area contributed by atoms with Crippen LogP contribution < -0.4 is 11.0 Å². The summed E-state index contributed by atoms with van der Waals surface area (Å²) >= 11 is 0. The van der Waals surface area contributed by atoms with Gasteiger partial charge < -0.3 is 10.3 Å². The Labute approximate surface area is 65.3 Å². The van der Waals surface area contributed by atoms with Gasteiger partial charge in [-0.2, -0.15) is 0 Å². The van der Waals surface area contributed by atoms with Crippen molar-refractivity contribution >= 4 is 5.97 Å². The van der Waals surface area contributed by atoms with Crippen LogP contribution in [0.4, 0.5) is 0 Å². The lowest BCUT2D eigenvalue weighted by Crippen LogP contribution is -2.44. The summed E-state index contributed by atoms with van der Waals surface area (Å²) in [5, 5.41) is 16.7. The molecule has 0 aliphatic rings. The second-order valence-electron chi connectivity index (χ2n) is 2.78. The van der Waals surface area contributed by atoms with E-state index in [1.54, 1.807) is 5.59 Å². The standard InChI is InChI=1S/C6H14N2O3/c1-4(2)3-5(6(9)10)7-8-11/h4-5,7-8,11H,3H2,1-2H3,(H,9,10)/t5-/m0/s1. The molecule has 0 rings (SSSR count). The molecule has 0 heterocycles. The summed E-state index contributed by atoms with van der Waals surface area (Å²) in [6, 6.07) is -0.736. The van der Waals surface area contributed by atoms with E-state index in [2.05, 4.69) is 5.43 Å². The highest BCUT2D eigenvalue weighted by Crippen LogP contribution is 2.03. The summed E-state index contributed by atoms with van der Waals surface area (Å²) < 4.78 is 0. The van der Waals surface area contributed by atoms with Crippen LogP contribution in [0.2, 0.25) is 0 Å². The topological polar surface area (TPSA) is 81.6 Å². The van der Waals surface area contributed by atoms with Gasteiger partial charge in [0.25, 0.3) is 0 Å². The van der Waals surface area contributed by atoms with Crippen molar-refractivity contribution in [3.63, 3.8) is 0 Å². The number of rotatable bonds is 5. The highest BCUT2D eigenvalue weighted by Gasteiger charge is 2.17. The van der Waals surface area contributed by atoms with E-state index < -0.39 is 12.0 Å². The van der Waals surface area contributed by atoms with Crippen LogP contribution in [-0.4, -0.2) is 22.3 Å². The van der Waals surface area contributed by atoms with Crippen LogP contribution in [0.25, 0.3) is 0 Å². The number of aliphatic carboxylic acids is 1. The lowest BCUT2D eigenvalue weighted by atomic mass is 10.0. The minimum Gasteiger partial charge on any atom is -0.480 e. The normalized spacial score (nSPS) is 13.5. The first-order chi connectivity index (χ1) is 5.07. The van der Waals surface area contributed by atoms with E-state index in [-0.39, 0.29) is 5.92 Å².